The minimum absolute atomic E-state index is 0.107. The van der Waals surface area contributed by atoms with Crippen molar-refractivity contribution in [3.05, 3.63) is 152 Å². The van der Waals surface area contributed by atoms with Gasteiger partial charge in [-0.15, -0.1) is 11.3 Å². The van der Waals surface area contributed by atoms with Gasteiger partial charge in [0.2, 0.25) is 0 Å². The van der Waals surface area contributed by atoms with Crippen LogP contribution in [0.1, 0.15) is 0 Å². The maximum atomic E-state index is 2.58. The molecule has 0 saturated heterocycles. The second-order valence-corrected chi connectivity index (χ2v) is 13.5. The molecule has 2 aromatic heterocycles. The lowest BCUT2D eigenvalue weighted by Gasteiger charge is -2.43. The highest BCUT2D eigenvalue weighted by Gasteiger charge is 2.42. The minimum Gasteiger partial charge on any atom is -0.376 e. The third-order valence-corrected chi connectivity index (χ3v) is 11.4. The Hall–Kier alpha value is -5.58. The van der Waals surface area contributed by atoms with Crippen LogP contribution in [0, 0.1) is 0 Å². The fourth-order valence-corrected chi connectivity index (χ4v) is 9.61. The van der Waals surface area contributed by atoms with E-state index in [4.69, 9.17) is 0 Å². The third kappa shape index (κ3) is 3.12. The number of anilines is 2. The molecule has 2 aliphatic rings. The fraction of sp³-hybridized carbons (Fsp3) is 0. The van der Waals surface area contributed by atoms with Gasteiger partial charge >= 0.3 is 6.85 Å². The fourth-order valence-electron chi connectivity index (χ4n) is 8.32. The molecule has 0 atom stereocenters. The normalized spacial score (nSPS) is 13.1. The molecule has 9 aromatic rings. The maximum absolute atomic E-state index is 2.58. The molecule has 0 spiro atoms. The van der Waals surface area contributed by atoms with Crippen LogP contribution in [0.2, 0.25) is 0 Å². The molecule has 0 unspecified atom stereocenters. The Labute approximate surface area is 270 Å². The summed E-state index contributed by atoms with van der Waals surface area (Å²) in [4.78, 5) is 2.58. The standard InChI is InChI=1S/C42H25BN2S/c1-2-12-26(13-3-1)44-36-19-9-5-16-29(36)32-25-40-33(24-39(32)44)30-22-23-35-41(42(30)46-40)31-17-7-11-21-38(31)45-37-20-10-6-15-28(37)27-14-4-8-18-34(27)43(35)45/h1-25H. The number of thiophene rings is 1. The van der Waals surface area contributed by atoms with Crippen LogP contribution in [-0.4, -0.2) is 11.4 Å². The second-order valence-electron chi connectivity index (χ2n) is 12.5. The van der Waals surface area contributed by atoms with E-state index in [1.165, 1.54) is 92.2 Å². The van der Waals surface area contributed by atoms with Crippen LogP contribution in [-0.2, 0) is 0 Å². The average Bonchev–Trinajstić information content (AvgIpc) is 3.65. The van der Waals surface area contributed by atoms with Crippen molar-refractivity contribution in [1.29, 1.82) is 0 Å². The second kappa shape index (κ2) is 9.00. The first-order chi connectivity index (χ1) is 22.8. The van der Waals surface area contributed by atoms with E-state index in [1.54, 1.807) is 0 Å². The monoisotopic (exact) mass is 600 g/mol. The Bertz CT molecular complexity index is 2720. The molecule has 2 aliphatic heterocycles. The molecule has 0 fully saturated rings. The summed E-state index contributed by atoms with van der Waals surface area (Å²) in [5.41, 5.74) is 14.3. The van der Waals surface area contributed by atoms with E-state index in [2.05, 4.69) is 161 Å². The highest BCUT2D eigenvalue weighted by Crippen LogP contribution is 2.50. The summed E-state index contributed by atoms with van der Waals surface area (Å²) in [6, 6.07) is 56.2. The van der Waals surface area contributed by atoms with E-state index >= 15 is 0 Å². The quantitative estimate of drug-likeness (QED) is 0.170. The summed E-state index contributed by atoms with van der Waals surface area (Å²) in [6.07, 6.45) is 0. The lowest BCUT2D eigenvalue weighted by Crippen LogP contribution is -2.59. The predicted octanol–water partition coefficient (Wildman–Crippen LogP) is 10.1. The Morgan fingerprint density at radius 3 is 2.02 bits per heavy atom. The highest BCUT2D eigenvalue weighted by molar-refractivity contribution is 7.26. The summed E-state index contributed by atoms with van der Waals surface area (Å²) in [6.45, 7) is 0.107. The molecular weight excluding hydrogens is 575 g/mol. The lowest BCUT2D eigenvalue weighted by atomic mass is 9.43. The van der Waals surface area contributed by atoms with E-state index in [1.807, 2.05) is 11.3 Å². The molecule has 46 heavy (non-hydrogen) atoms. The molecule has 0 N–H and O–H groups in total. The van der Waals surface area contributed by atoms with Crippen LogP contribution in [0.3, 0.4) is 0 Å². The Kier molecular flexibility index (Phi) is 4.83. The van der Waals surface area contributed by atoms with Crippen LogP contribution >= 0.6 is 11.3 Å². The maximum Gasteiger partial charge on any atom is 0.329 e. The van der Waals surface area contributed by atoms with Crippen LogP contribution in [0.15, 0.2) is 152 Å². The van der Waals surface area contributed by atoms with Gasteiger partial charge in [-0.25, -0.2) is 0 Å². The zero-order chi connectivity index (χ0) is 29.9. The van der Waals surface area contributed by atoms with E-state index in [0.29, 0.717) is 0 Å². The zero-order valence-corrected chi connectivity index (χ0v) is 25.6. The molecule has 4 heterocycles. The van der Waals surface area contributed by atoms with Crippen molar-refractivity contribution in [2.45, 2.75) is 0 Å². The average molecular weight is 601 g/mol. The first-order valence-corrected chi connectivity index (χ1v) is 16.7. The van der Waals surface area contributed by atoms with Gasteiger partial charge < -0.3 is 9.38 Å². The molecule has 2 nitrogen and oxygen atoms in total. The largest absolute Gasteiger partial charge is 0.376 e. The number of aromatic nitrogens is 1. The molecule has 0 bridgehead atoms. The molecule has 0 radical (unpaired) electrons. The first-order valence-electron chi connectivity index (χ1n) is 15.9. The van der Waals surface area contributed by atoms with Gasteiger partial charge in [0.25, 0.3) is 0 Å². The van der Waals surface area contributed by atoms with Gasteiger partial charge in [-0.1, -0.05) is 109 Å². The number of para-hydroxylation sites is 4. The number of fused-ring (bicyclic) bond motifs is 18. The van der Waals surface area contributed by atoms with Crippen molar-refractivity contribution in [1.82, 2.24) is 4.57 Å². The van der Waals surface area contributed by atoms with Crippen molar-refractivity contribution in [3.63, 3.8) is 0 Å². The van der Waals surface area contributed by atoms with Crippen molar-refractivity contribution in [3.8, 4) is 27.9 Å². The number of hydrogen-bond donors (Lipinski definition) is 0. The van der Waals surface area contributed by atoms with Crippen LogP contribution in [0.25, 0.3) is 69.9 Å². The van der Waals surface area contributed by atoms with Gasteiger partial charge in [0, 0.05) is 59.1 Å². The van der Waals surface area contributed by atoms with Crippen LogP contribution in [0.5, 0.6) is 0 Å². The van der Waals surface area contributed by atoms with Crippen LogP contribution < -0.4 is 15.7 Å². The molecule has 0 aliphatic carbocycles. The summed E-state index contributed by atoms with van der Waals surface area (Å²) in [5.74, 6) is 0. The van der Waals surface area contributed by atoms with Gasteiger partial charge in [0.15, 0.2) is 0 Å². The smallest absolute Gasteiger partial charge is 0.329 e. The Morgan fingerprint density at radius 2 is 1.15 bits per heavy atom. The molecule has 11 rings (SSSR count). The van der Waals surface area contributed by atoms with Crippen molar-refractivity contribution in [2.75, 3.05) is 4.81 Å². The van der Waals surface area contributed by atoms with Gasteiger partial charge in [0.1, 0.15) is 0 Å². The molecule has 4 heteroatoms. The van der Waals surface area contributed by atoms with Crippen LogP contribution in [0.4, 0.5) is 11.4 Å². The van der Waals surface area contributed by atoms with Crippen molar-refractivity contribution >= 4 is 82.5 Å². The Morgan fingerprint density at radius 1 is 0.457 bits per heavy atom. The molecule has 0 saturated carbocycles. The first kappa shape index (κ1) is 24.7. The van der Waals surface area contributed by atoms with Gasteiger partial charge in [-0.05, 0) is 64.5 Å². The van der Waals surface area contributed by atoms with E-state index in [-0.39, 0.29) is 6.85 Å². The van der Waals surface area contributed by atoms with E-state index in [9.17, 15) is 0 Å². The van der Waals surface area contributed by atoms with E-state index < -0.39 is 0 Å². The number of hydrogen-bond acceptors (Lipinski definition) is 2. The summed E-state index contributed by atoms with van der Waals surface area (Å²) < 4.78 is 5.13. The van der Waals surface area contributed by atoms with Gasteiger partial charge in [-0.3, -0.25) is 0 Å². The van der Waals surface area contributed by atoms with Crippen molar-refractivity contribution < 1.29 is 0 Å². The summed E-state index contributed by atoms with van der Waals surface area (Å²) in [5, 5.41) is 5.25. The molecule has 0 amide bonds. The number of benzene rings is 7. The summed E-state index contributed by atoms with van der Waals surface area (Å²) in [7, 11) is 0. The SMILES string of the molecule is c1ccc(-n2c3ccccc3c3cc4sc5c6c(ccc5c4cc32)B2c3ccccc3-c3ccccc3N2c2ccccc2-6)cc1. The van der Waals surface area contributed by atoms with E-state index in [0.717, 1.165) is 0 Å². The molecule has 7 aromatic carbocycles. The van der Waals surface area contributed by atoms with Gasteiger partial charge in [-0.2, -0.15) is 0 Å². The van der Waals surface area contributed by atoms with Gasteiger partial charge in [0.05, 0.1) is 11.0 Å². The number of rotatable bonds is 1. The third-order valence-electron chi connectivity index (χ3n) is 10.2. The highest BCUT2D eigenvalue weighted by atomic mass is 32.1. The number of nitrogens with zero attached hydrogens (tertiary/aromatic N) is 2. The Balaban J connectivity index is 1.24. The topological polar surface area (TPSA) is 8.17 Å². The molecular formula is C42H25BN2S. The van der Waals surface area contributed by atoms with Crippen molar-refractivity contribution in [2.24, 2.45) is 0 Å². The predicted molar refractivity (Wildman–Crippen MR) is 198 cm³/mol. The zero-order valence-electron chi connectivity index (χ0n) is 24.8. The molecule has 212 valence electrons. The minimum atomic E-state index is 0.107. The summed E-state index contributed by atoms with van der Waals surface area (Å²) >= 11 is 1.95. The lowest BCUT2D eigenvalue weighted by molar-refractivity contribution is 1.18.